The molecule has 0 saturated heterocycles. The minimum absolute atomic E-state index is 0.274. The average Bonchev–Trinajstić information content (AvgIpc) is 2.60. The third kappa shape index (κ3) is 5.52. The summed E-state index contributed by atoms with van der Waals surface area (Å²) >= 11 is 0. The van der Waals surface area contributed by atoms with Crippen LogP contribution in [0.2, 0.25) is 0 Å². The smallest absolute Gasteiger partial charge is 0.223 e. The van der Waals surface area contributed by atoms with Gasteiger partial charge in [-0.3, -0.25) is 4.79 Å². The SMILES string of the molecule is O=C(NCCCCOC1CCCCCC1)C1CCC1. The summed E-state index contributed by atoms with van der Waals surface area (Å²) in [6, 6.07) is 0. The van der Waals surface area contributed by atoms with Gasteiger partial charge in [-0.05, 0) is 38.5 Å². The van der Waals surface area contributed by atoms with Gasteiger partial charge in [0.25, 0.3) is 0 Å². The molecule has 2 aliphatic rings. The molecule has 0 atom stereocenters. The van der Waals surface area contributed by atoms with Gasteiger partial charge in [0.1, 0.15) is 0 Å². The molecule has 0 aromatic rings. The highest BCUT2D eigenvalue weighted by Crippen LogP contribution is 2.26. The first-order valence-electron chi connectivity index (χ1n) is 8.25. The van der Waals surface area contributed by atoms with E-state index in [0.29, 0.717) is 12.0 Å². The van der Waals surface area contributed by atoms with E-state index in [9.17, 15) is 4.79 Å². The van der Waals surface area contributed by atoms with Crippen LogP contribution in [0.4, 0.5) is 0 Å². The Bertz CT molecular complexity index is 255. The van der Waals surface area contributed by atoms with E-state index in [1.54, 1.807) is 0 Å². The maximum atomic E-state index is 11.6. The summed E-state index contributed by atoms with van der Waals surface area (Å²) in [5.41, 5.74) is 0. The first-order chi connectivity index (χ1) is 9.36. The molecule has 2 saturated carbocycles. The number of rotatable bonds is 7. The fraction of sp³-hybridized carbons (Fsp3) is 0.938. The Morgan fingerprint density at radius 3 is 2.32 bits per heavy atom. The lowest BCUT2D eigenvalue weighted by Gasteiger charge is -2.24. The van der Waals surface area contributed by atoms with Gasteiger partial charge >= 0.3 is 0 Å². The van der Waals surface area contributed by atoms with Gasteiger partial charge in [0.2, 0.25) is 5.91 Å². The van der Waals surface area contributed by atoms with Crippen molar-refractivity contribution in [2.45, 2.75) is 76.7 Å². The maximum absolute atomic E-state index is 11.6. The van der Waals surface area contributed by atoms with Gasteiger partial charge in [-0.25, -0.2) is 0 Å². The Kier molecular flexibility index (Phi) is 6.69. The molecule has 110 valence electrons. The van der Waals surface area contributed by atoms with Crippen LogP contribution in [0.5, 0.6) is 0 Å². The van der Waals surface area contributed by atoms with Crippen LogP contribution in [0.3, 0.4) is 0 Å². The fourth-order valence-electron chi connectivity index (χ4n) is 2.91. The molecule has 0 bridgehead atoms. The summed E-state index contributed by atoms with van der Waals surface area (Å²) in [7, 11) is 0. The average molecular weight is 267 g/mol. The second kappa shape index (κ2) is 8.57. The zero-order valence-electron chi connectivity index (χ0n) is 12.2. The third-order valence-electron chi connectivity index (χ3n) is 4.50. The first kappa shape index (κ1) is 14.8. The van der Waals surface area contributed by atoms with E-state index in [1.807, 2.05) is 0 Å². The van der Waals surface area contributed by atoms with Crippen LogP contribution in [-0.4, -0.2) is 25.2 Å². The Hall–Kier alpha value is -0.570. The van der Waals surface area contributed by atoms with Crippen molar-refractivity contribution in [3.05, 3.63) is 0 Å². The summed E-state index contributed by atoms with van der Waals surface area (Å²) in [5.74, 6) is 0.596. The molecule has 0 heterocycles. The zero-order valence-corrected chi connectivity index (χ0v) is 12.2. The summed E-state index contributed by atoms with van der Waals surface area (Å²) < 4.78 is 5.94. The van der Waals surface area contributed by atoms with Gasteiger partial charge < -0.3 is 10.1 Å². The molecule has 3 heteroatoms. The van der Waals surface area contributed by atoms with Crippen LogP contribution in [0.15, 0.2) is 0 Å². The van der Waals surface area contributed by atoms with Crippen molar-refractivity contribution in [2.75, 3.05) is 13.2 Å². The Morgan fingerprint density at radius 2 is 1.68 bits per heavy atom. The number of hydrogen-bond acceptors (Lipinski definition) is 2. The summed E-state index contributed by atoms with van der Waals surface area (Å²) in [6.07, 6.45) is 14.0. The third-order valence-corrected chi connectivity index (χ3v) is 4.50. The topological polar surface area (TPSA) is 38.3 Å². The van der Waals surface area contributed by atoms with Gasteiger partial charge in [0.15, 0.2) is 0 Å². The molecule has 0 aromatic carbocycles. The minimum Gasteiger partial charge on any atom is -0.378 e. The molecule has 2 rings (SSSR count). The first-order valence-corrected chi connectivity index (χ1v) is 8.25. The molecule has 0 unspecified atom stereocenters. The van der Waals surface area contributed by atoms with Crippen molar-refractivity contribution >= 4 is 5.91 Å². The number of nitrogens with one attached hydrogen (secondary N) is 1. The zero-order chi connectivity index (χ0) is 13.3. The van der Waals surface area contributed by atoms with E-state index in [1.165, 1.54) is 44.9 Å². The van der Waals surface area contributed by atoms with Crippen molar-refractivity contribution in [1.29, 1.82) is 0 Å². The van der Waals surface area contributed by atoms with Crippen molar-refractivity contribution in [3.8, 4) is 0 Å². The van der Waals surface area contributed by atoms with Crippen molar-refractivity contribution < 1.29 is 9.53 Å². The molecule has 2 fully saturated rings. The molecule has 19 heavy (non-hydrogen) atoms. The number of hydrogen-bond donors (Lipinski definition) is 1. The molecule has 0 aliphatic heterocycles. The van der Waals surface area contributed by atoms with Crippen molar-refractivity contribution in [2.24, 2.45) is 5.92 Å². The lowest BCUT2D eigenvalue weighted by Crippen LogP contribution is -2.35. The molecule has 3 nitrogen and oxygen atoms in total. The quantitative estimate of drug-likeness (QED) is 0.567. The van der Waals surface area contributed by atoms with Crippen LogP contribution in [-0.2, 0) is 9.53 Å². The normalized spacial score (nSPS) is 21.7. The van der Waals surface area contributed by atoms with Gasteiger partial charge in [0.05, 0.1) is 6.10 Å². The van der Waals surface area contributed by atoms with E-state index in [2.05, 4.69) is 5.32 Å². The van der Waals surface area contributed by atoms with Gasteiger partial charge in [-0.1, -0.05) is 32.1 Å². The maximum Gasteiger partial charge on any atom is 0.223 e. The van der Waals surface area contributed by atoms with Crippen LogP contribution < -0.4 is 5.32 Å². The van der Waals surface area contributed by atoms with E-state index >= 15 is 0 Å². The van der Waals surface area contributed by atoms with E-state index < -0.39 is 0 Å². The molecule has 2 aliphatic carbocycles. The van der Waals surface area contributed by atoms with Crippen LogP contribution in [0, 0.1) is 5.92 Å². The number of unbranched alkanes of at least 4 members (excludes halogenated alkanes) is 1. The highest BCUT2D eigenvalue weighted by Gasteiger charge is 2.24. The summed E-state index contributed by atoms with van der Waals surface area (Å²) in [6.45, 7) is 1.69. The van der Waals surface area contributed by atoms with Crippen LogP contribution >= 0.6 is 0 Å². The summed E-state index contributed by atoms with van der Waals surface area (Å²) in [5, 5.41) is 3.04. The van der Waals surface area contributed by atoms with E-state index in [4.69, 9.17) is 4.74 Å². The number of amides is 1. The van der Waals surface area contributed by atoms with E-state index in [-0.39, 0.29) is 5.91 Å². The lowest BCUT2D eigenvalue weighted by atomic mass is 9.85. The number of ether oxygens (including phenoxy) is 1. The standard InChI is InChI=1S/C16H29NO2/c18-16(14-8-7-9-14)17-12-5-6-13-19-15-10-3-1-2-4-11-15/h14-15H,1-13H2,(H,17,18). The Morgan fingerprint density at radius 1 is 0.947 bits per heavy atom. The predicted octanol–water partition coefficient (Wildman–Crippen LogP) is 3.42. The molecule has 0 radical (unpaired) electrons. The highest BCUT2D eigenvalue weighted by molar-refractivity contribution is 5.79. The van der Waals surface area contributed by atoms with Gasteiger partial charge in [-0.15, -0.1) is 0 Å². The second-order valence-corrected chi connectivity index (χ2v) is 6.11. The second-order valence-electron chi connectivity index (χ2n) is 6.11. The summed E-state index contributed by atoms with van der Waals surface area (Å²) in [4.78, 5) is 11.6. The Labute approximate surface area is 117 Å². The van der Waals surface area contributed by atoms with Crippen LogP contribution in [0.25, 0.3) is 0 Å². The van der Waals surface area contributed by atoms with Gasteiger partial charge in [0, 0.05) is 19.1 Å². The van der Waals surface area contributed by atoms with Gasteiger partial charge in [-0.2, -0.15) is 0 Å². The van der Waals surface area contributed by atoms with E-state index in [0.717, 1.165) is 38.8 Å². The molecular formula is C16H29NO2. The monoisotopic (exact) mass is 267 g/mol. The Balaban J connectivity index is 1.42. The largest absolute Gasteiger partial charge is 0.378 e. The van der Waals surface area contributed by atoms with Crippen molar-refractivity contribution in [3.63, 3.8) is 0 Å². The fourth-order valence-corrected chi connectivity index (χ4v) is 2.91. The molecule has 0 aromatic heterocycles. The number of carbonyl (C=O) groups is 1. The molecular weight excluding hydrogens is 238 g/mol. The minimum atomic E-state index is 0.274. The van der Waals surface area contributed by atoms with Crippen LogP contribution in [0.1, 0.15) is 70.6 Å². The lowest BCUT2D eigenvalue weighted by molar-refractivity contribution is -0.127. The molecule has 1 N–H and O–H groups in total. The van der Waals surface area contributed by atoms with Crippen molar-refractivity contribution in [1.82, 2.24) is 5.32 Å². The molecule has 1 amide bonds. The number of carbonyl (C=O) groups excluding carboxylic acids is 1. The predicted molar refractivity (Wildman–Crippen MR) is 77.0 cm³/mol. The highest BCUT2D eigenvalue weighted by atomic mass is 16.5. The molecule has 0 spiro atoms.